The van der Waals surface area contributed by atoms with Crippen molar-refractivity contribution >= 4 is 5.97 Å². The molecule has 2 unspecified atom stereocenters. The van der Waals surface area contributed by atoms with Crippen molar-refractivity contribution in [3.63, 3.8) is 0 Å². The van der Waals surface area contributed by atoms with Gasteiger partial charge in [-0.25, -0.2) is 0 Å². The summed E-state index contributed by atoms with van der Waals surface area (Å²) in [5.41, 5.74) is 2.07. The first kappa shape index (κ1) is 9.88. The van der Waals surface area contributed by atoms with Gasteiger partial charge in [0.05, 0.1) is 5.41 Å². The van der Waals surface area contributed by atoms with Crippen LogP contribution in [0.2, 0.25) is 0 Å². The van der Waals surface area contributed by atoms with Crippen LogP contribution in [-0.4, -0.2) is 11.1 Å². The number of carboxylic acids is 1. The van der Waals surface area contributed by atoms with Gasteiger partial charge in [-0.15, -0.1) is 0 Å². The van der Waals surface area contributed by atoms with E-state index in [1.807, 2.05) is 12.1 Å². The van der Waals surface area contributed by atoms with Gasteiger partial charge in [-0.2, -0.15) is 0 Å². The molecule has 2 atom stereocenters. The average Bonchev–Trinajstić information content (AvgIpc) is 2.64. The number of fused-ring (bicyclic) bond motifs is 3. The van der Waals surface area contributed by atoms with Crippen molar-refractivity contribution in [3.8, 4) is 0 Å². The molecule has 2 nitrogen and oxygen atoms in total. The normalized spacial score (nSPS) is 31.9. The number of carbonyl (C=O) groups is 1. The van der Waals surface area contributed by atoms with Crippen LogP contribution in [0.15, 0.2) is 24.3 Å². The van der Waals surface area contributed by atoms with Crippen LogP contribution in [-0.2, 0) is 11.2 Å². The molecule has 2 aliphatic rings. The van der Waals surface area contributed by atoms with E-state index in [4.69, 9.17) is 0 Å². The maximum atomic E-state index is 11.6. The molecule has 1 fully saturated rings. The molecule has 0 aromatic heterocycles. The van der Waals surface area contributed by atoms with Crippen molar-refractivity contribution in [1.29, 1.82) is 0 Å². The number of benzene rings is 1. The fraction of sp³-hybridized carbons (Fsp3) is 0.500. The lowest BCUT2D eigenvalue weighted by atomic mass is 9.67. The van der Waals surface area contributed by atoms with Gasteiger partial charge in [-0.05, 0) is 30.4 Å². The third-order valence-corrected chi connectivity index (χ3v) is 4.40. The third-order valence-electron chi connectivity index (χ3n) is 4.40. The summed E-state index contributed by atoms with van der Waals surface area (Å²) in [6.07, 6.45) is 4.87. The van der Waals surface area contributed by atoms with E-state index in [-0.39, 0.29) is 5.92 Å². The number of hydrogen-bond acceptors (Lipinski definition) is 1. The Morgan fingerprint density at radius 3 is 2.94 bits per heavy atom. The first-order chi connectivity index (χ1) is 7.74. The van der Waals surface area contributed by atoms with Gasteiger partial charge in [0.15, 0.2) is 0 Å². The van der Waals surface area contributed by atoms with Gasteiger partial charge in [0.1, 0.15) is 0 Å². The second kappa shape index (κ2) is 3.34. The minimum absolute atomic E-state index is 0.259. The SMILES string of the molecule is O=C(O)C12CCCCC1c1ccccc1C2. The van der Waals surface area contributed by atoms with E-state index in [1.54, 1.807) is 0 Å². The Balaban J connectivity index is 2.11. The predicted molar refractivity (Wildman–Crippen MR) is 61.4 cm³/mol. The highest BCUT2D eigenvalue weighted by molar-refractivity contribution is 5.78. The summed E-state index contributed by atoms with van der Waals surface area (Å²) < 4.78 is 0. The van der Waals surface area contributed by atoms with Crippen LogP contribution < -0.4 is 0 Å². The second-order valence-corrected chi connectivity index (χ2v) is 5.14. The average molecular weight is 216 g/mol. The molecular weight excluding hydrogens is 200 g/mol. The van der Waals surface area contributed by atoms with E-state index in [2.05, 4.69) is 12.1 Å². The minimum atomic E-state index is -0.589. The van der Waals surface area contributed by atoms with Gasteiger partial charge in [0.25, 0.3) is 0 Å². The van der Waals surface area contributed by atoms with E-state index in [1.165, 1.54) is 17.5 Å². The summed E-state index contributed by atoms with van der Waals surface area (Å²) in [5, 5.41) is 9.57. The van der Waals surface area contributed by atoms with Crippen molar-refractivity contribution in [2.24, 2.45) is 5.41 Å². The molecule has 2 heteroatoms. The number of hydrogen-bond donors (Lipinski definition) is 1. The van der Waals surface area contributed by atoms with Gasteiger partial charge in [0.2, 0.25) is 0 Å². The smallest absolute Gasteiger partial charge is 0.310 e. The standard InChI is InChI=1S/C14H16O2/c15-13(16)14-8-4-3-7-12(14)11-6-2-1-5-10(11)9-14/h1-2,5-6,12H,3-4,7-9H2,(H,15,16). The van der Waals surface area contributed by atoms with Gasteiger partial charge in [-0.3, -0.25) is 4.79 Å². The molecule has 1 aromatic rings. The molecule has 0 heterocycles. The lowest BCUT2D eigenvalue weighted by Crippen LogP contribution is -2.37. The summed E-state index contributed by atoms with van der Waals surface area (Å²) >= 11 is 0. The second-order valence-electron chi connectivity index (χ2n) is 5.14. The van der Waals surface area contributed by atoms with Crippen molar-refractivity contribution in [2.75, 3.05) is 0 Å². The summed E-state index contributed by atoms with van der Waals surface area (Å²) in [5.74, 6) is -0.330. The van der Waals surface area contributed by atoms with Crippen molar-refractivity contribution < 1.29 is 9.90 Å². The summed E-state index contributed by atoms with van der Waals surface area (Å²) in [4.78, 5) is 11.6. The van der Waals surface area contributed by atoms with E-state index < -0.39 is 11.4 Å². The van der Waals surface area contributed by atoms with Crippen LogP contribution in [0.5, 0.6) is 0 Å². The summed E-state index contributed by atoms with van der Waals surface area (Å²) in [6.45, 7) is 0. The molecule has 0 saturated heterocycles. The Bertz CT molecular complexity index is 438. The van der Waals surface area contributed by atoms with Crippen LogP contribution in [0.4, 0.5) is 0 Å². The molecule has 1 saturated carbocycles. The van der Waals surface area contributed by atoms with Crippen molar-refractivity contribution in [3.05, 3.63) is 35.4 Å². The van der Waals surface area contributed by atoms with Crippen LogP contribution in [0, 0.1) is 5.41 Å². The van der Waals surface area contributed by atoms with Crippen LogP contribution in [0.1, 0.15) is 42.7 Å². The molecule has 84 valence electrons. The quantitative estimate of drug-likeness (QED) is 0.783. The Kier molecular flexibility index (Phi) is 2.06. The van der Waals surface area contributed by atoms with Crippen LogP contribution in [0.25, 0.3) is 0 Å². The fourth-order valence-electron chi connectivity index (χ4n) is 3.61. The van der Waals surface area contributed by atoms with Gasteiger partial charge >= 0.3 is 5.97 Å². The number of rotatable bonds is 1. The number of carboxylic acid groups (broad SMARTS) is 1. The highest BCUT2D eigenvalue weighted by Crippen LogP contribution is 2.55. The first-order valence-corrected chi connectivity index (χ1v) is 6.05. The maximum Gasteiger partial charge on any atom is 0.310 e. The fourth-order valence-corrected chi connectivity index (χ4v) is 3.61. The Morgan fingerprint density at radius 1 is 1.31 bits per heavy atom. The molecule has 0 aliphatic heterocycles. The Hall–Kier alpha value is -1.31. The summed E-state index contributed by atoms with van der Waals surface area (Å²) in [6, 6.07) is 8.27. The minimum Gasteiger partial charge on any atom is -0.481 e. The molecule has 0 spiro atoms. The van der Waals surface area contributed by atoms with E-state index in [0.29, 0.717) is 0 Å². The number of aliphatic carboxylic acids is 1. The zero-order valence-corrected chi connectivity index (χ0v) is 9.28. The van der Waals surface area contributed by atoms with E-state index in [9.17, 15) is 9.90 Å². The largest absolute Gasteiger partial charge is 0.481 e. The predicted octanol–water partition coefficient (Wildman–Crippen LogP) is 2.97. The van der Waals surface area contributed by atoms with E-state index in [0.717, 1.165) is 25.7 Å². The lowest BCUT2D eigenvalue weighted by Gasteiger charge is -2.35. The zero-order valence-electron chi connectivity index (χ0n) is 9.28. The topological polar surface area (TPSA) is 37.3 Å². The Morgan fingerprint density at radius 2 is 2.12 bits per heavy atom. The maximum absolute atomic E-state index is 11.6. The van der Waals surface area contributed by atoms with Gasteiger partial charge < -0.3 is 5.11 Å². The van der Waals surface area contributed by atoms with Crippen LogP contribution >= 0.6 is 0 Å². The van der Waals surface area contributed by atoms with Gasteiger partial charge in [-0.1, -0.05) is 37.1 Å². The molecule has 1 aromatic carbocycles. The van der Waals surface area contributed by atoms with Crippen molar-refractivity contribution in [2.45, 2.75) is 38.0 Å². The molecule has 2 aliphatic carbocycles. The highest BCUT2D eigenvalue weighted by atomic mass is 16.4. The molecule has 3 rings (SSSR count). The highest BCUT2D eigenvalue weighted by Gasteiger charge is 2.52. The molecular formula is C14H16O2. The molecule has 0 amide bonds. The van der Waals surface area contributed by atoms with Crippen LogP contribution in [0.3, 0.4) is 0 Å². The molecule has 1 N–H and O–H groups in total. The molecule has 0 bridgehead atoms. The van der Waals surface area contributed by atoms with Gasteiger partial charge in [0, 0.05) is 5.92 Å². The first-order valence-electron chi connectivity index (χ1n) is 6.05. The lowest BCUT2D eigenvalue weighted by molar-refractivity contribution is -0.151. The molecule has 0 radical (unpaired) electrons. The monoisotopic (exact) mass is 216 g/mol. The molecule has 16 heavy (non-hydrogen) atoms. The van der Waals surface area contributed by atoms with Crippen molar-refractivity contribution in [1.82, 2.24) is 0 Å². The third kappa shape index (κ3) is 1.16. The van der Waals surface area contributed by atoms with E-state index >= 15 is 0 Å². The zero-order chi connectivity index (χ0) is 11.2. The summed E-state index contributed by atoms with van der Waals surface area (Å²) in [7, 11) is 0. The Labute approximate surface area is 95.3 Å².